The minimum atomic E-state index is -1.61. The molecule has 0 atom stereocenters. The van der Waals surface area contributed by atoms with Gasteiger partial charge in [-0.25, -0.2) is 13.2 Å². The molecule has 3 rings (SSSR count). The fraction of sp³-hybridized carbons (Fsp3) is 0. The van der Waals surface area contributed by atoms with E-state index in [1.807, 2.05) is 0 Å². The second kappa shape index (κ2) is 7.66. The van der Waals surface area contributed by atoms with Gasteiger partial charge in [-0.2, -0.15) is 0 Å². The van der Waals surface area contributed by atoms with Crippen molar-refractivity contribution in [3.8, 4) is 17.2 Å². The summed E-state index contributed by atoms with van der Waals surface area (Å²) in [6.45, 7) is 0. The Kier molecular flexibility index (Phi) is 5.13. The van der Waals surface area contributed by atoms with Gasteiger partial charge in [0.05, 0.1) is 0 Å². The molecule has 0 saturated heterocycles. The average Bonchev–Trinajstić information content (AvgIpc) is 2.61. The van der Waals surface area contributed by atoms with Crippen molar-refractivity contribution in [1.82, 2.24) is 0 Å². The van der Waals surface area contributed by atoms with Crippen molar-refractivity contribution in [1.29, 1.82) is 0 Å². The van der Waals surface area contributed by atoms with Crippen LogP contribution in [0.25, 0.3) is 0 Å². The van der Waals surface area contributed by atoms with Crippen LogP contribution in [0.15, 0.2) is 72.8 Å². The summed E-state index contributed by atoms with van der Waals surface area (Å²) >= 11 is 0. The van der Waals surface area contributed by atoms with Crippen molar-refractivity contribution in [2.45, 2.75) is 0 Å². The van der Waals surface area contributed by atoms with Crippen LogP contribution < -0.4 is 14.0 Å². The molecule has 0 aromatic heterocycles. The summed E-state index contributed by atoms with van der Waals surface area (Å²) in [6.07, 6.45) is 0. The standard InChI is InChI=1S/C18H12BF3O3/c20-13-7-1-4-10-16(13)23-19(24-17-11-5-2-8-14(17)21)25-18-12-6-3-9-15(18)22/h1-12H. The Morgan fingerprint density at radius 1 is 0.480 bits per heavy atom. The zero-order valence-electron chi connectivity index (χ0n) is 12.9. The molecule has 25 heavy (non-hydrogen) atoms. The molecule has 0 radical (unpaired) electrons. The Bertz CT molecular complexity index is 747. The first-order valence-corrected chi connectivity index (χ1v) is 7.37. The molecule has 0 unspecified atom stereocenters. The average molecular weight is 344 g/mol. The van der Waals surface area contributed by atoms with Gasteiger partial charge in [-0.05, 0) is 36.4 Å². The first kappa shape index (κ1) is 16.8. The lowest BCUT2D eigenvalue weighted by Gasteiger charge is -2.17. The number of halogens is 3. The zero-order valence-corrected chi connectivity index (χ0v) is 12.9. The van der Waals surface area contributed by atoms with Gasteiger partial charge < -0.3 is 14.0 Å². The molecule has 0 fully saturated rings. The van der Waals surface area contributed by atoms with Crippen LogP contribution in [-0.4, -0.2) is 7.32 Å². The van der Waals surface area contributed by atoms with Crippen LogP contribution in [-0.2, 0) is 0 Å². The number of rotatable bonds is 6. The molecule has 3 nitrogen and oxygen atoms in total. The van der Waals surface area contributed by atoms with Gasteiger partial charge in [0.25, 0.3) is 0 Å². The second-order valence-corrected chi connectivity index (χ2v) is 4.93. The minimum Gasteiger partial charge on any atom is -0.487 e. The normalized spacial score (nSPS) is 10.2. The van der Waals surface area contributed by atoms with E-state index in [0.717, 1.165) is 0 Å². The van der Waals surface area contributed by atoms with E-state index in [2.05, 4.69) is 0 Å². The van der Waals surface area contributed by atoms with Gasteiger partial charge in [-0.1, -0.05) is 36.4 Å². The van der Waals surface area contributed by atoms with Gasteiger partial charge in [-0.15, -0.1) is 0 Å². The van der Waals surface area contributed by atoms with Gasteiger partial charge in [0.2, 0.25) is 0 Å². The van der Waals surface area contributed by atoms with Crippen molar-refractivity contribution >= 4 is 7.32 Å². The monoisotopic (exact) mass is 344 g/mol. The van der Waals surface area contributed by atoms with Crippen molar-refractivity contribution < 1.29 is 27.1 Å². The van der Waals surface area contributed by atoms with E-state index in [4.69, 9.17) is 14.0 Å². The molecule has 0 aliphatic heterocycles. The SMILES string of the molecule is Fc1ccccc1OB(Oc1ccccc1F)Oc1ccccc1F. The third kappa shape index (κ3) is 4.26. The van der Waals surface area contributed by atoms with E-state index in [1.54, 1.807) is 18.2 Å². The molecule has 0 N–H and O–H groups in total. The Morgan fingerprint density at radius 3 is 1.04 bits per heavy atom. The molecule has 3 aromatic rings. The summed E-state index contributed by atoms with van der Waals surface area (Å²) in [4.78, 5) is 0. The Hall–Kier alpha value is -3.09. The fourth-order valence-electron chi connectivity index (χ4n) is 2.00. The third-order valence-corrected chi connectivity index (χ3v) is 3.18. The largest absolute Gasteiger partial charge is 0.864 e. The van der Waals surface area contributed by atoms with Crippen LogP contribution in [0.3, 0.4) is 0 Å². The highest BCUT2D eigenvalue weighted by Gasteiger charge is 2.33. The van der Waals surface area contributed by atoms with E-state index < -0.39 is 24.8 Å². The summed E-state index contributed by atoms with van der Waals surface area (Å²) in [6, 6.07) is 16.6. The van der Waals surface area contributed by atoms with Crippen LogP contribution in [0.1, 0.15) is 0 Å². The zero-order chi connectivity index (χ0) is 17.6. The quantitative estimate of drug-likeness (QED) is 0.611. The van der Waals surface area contributed by atoms with Crippen molar-refractivity contribution in [2.24, 2.45) is 0 Å². The summed E-state index contributed by atoms with van der Waals surface area (Å²) in [5.41, 5.74) is 0. The lowest BCUT2D eigenvalue weighted by atomic mass is 10.2. The molecule has 0 spiro atoms. The number of hydrogen-bond acceptors (Lipinski definition) is 3. The summed E-state index contributed by atoms with van der Waals surface area (Å²) in [7, 11) is -1.61. The molecule has 0 heterocycles. The Morgan fingerprint density at radius 2 is 0.760 bits per heavy atom. The lowest BCUT2D eigenvalue weighted by molar-refractivity contribution is 0.288. The predicted octanol–water partition coefficient (Wildman–Crippen LogP) is 4.63. The molecule has 0 bridgehead atoms. The molecule has 0 aliphatic carbocycles. The van der Waals surface area contributed by atoms with Crippen LogP contribution in [0.2, 0.25) is 0 Å². The van der Waals surface area contributed by atoms with Gasteiger partial charge in [0.1, 0.15) is 17.2 Å². The van der Waals surface area contributed by atoms with E-state index >= 15 is 0 Å². The molecular weight excluding hydrogens is 332 g/mol. The van der Waals surface area contributed by atoms with Gasteiger partial charge in [0, 0.05) is 0 Å². The van der Waals surface area contributed by atoms with Crippen LogP contribution >= 0.6 is 0 Å². The maximum Gasteiger partial charge on any atom is 0.864 e. The number of benzene rings is 3. The molecule has 126 valence electrons. The topological polar surface area (TPSA) is 27.7 Å². The van der Waals surface area contributed by atoms with E-state index in [0.29, 0.717) is 0 Å². The predicted molar refractivity (Wildman–Crippen MR) is 86.8 cm³/mol. The fourth-order valence-corrected chi connectivity index (χ4v) is 2.00. The van der Waals surface area contributed by atoms with E-state index in [1.165, 1.54) is 54.6 Å². The van der Waals surface area contributed by atoms with Crippen LogP contribution in [0.5, 0.6) is 17.2 Å². The summed E-state index contributed by atoms with van der Waals surface area (Å²) in [5.74, 6) is -2.54. The minimum absolute atomic E-state index is 0.180. The van der Waals surface area contributed by atoms with Crippen molar-refractivity contribution in [3.05, 3.63) is 90.2 Å². The van der Waals surface area contributed by atoms with Gasteiger partial charge >= 0.3 is 7.32 Å². The molecule has 3 aromatic carbocycles. The van der Waals surface area contributed by atoms with Crippen LogP contribution in [0.4, 0.5) is 13.2 Å². The Balaban J connectivity index is 1.86. The number of para-hydroxylation sites is 3. The van der Waals surface area contributed by atoms with Gasteiger partial charge in [0.15, 0.2) is 17.5 Å². The summed E-state index contributed by atoms with van der Waals surface area (Å²) < 4.78 is 57.3. The van der Waals surface area contributed by atoms with Crippen LogP contribution in [0, 0.1) is 17.5 Å². The molecule has 7 heteroatoms. The van der Waals surface area contributed by atoms with Gasteiger partial charge in [-0.3, -0.25) is 0 Å². The van der Waals surface area contributed by atoms with E-state index in [9.17, 15) is 13.2 Å². The first-order valence-electron chi connectivity index (χ1n) is 7.37. The highest BCUT2D eigenvalue weighted by Crippen LogP contribution is 2.23. The second-order valence-electron chi connectivity index (χ2n) is 4.93. The van der Waals surface area contributed by atoms with Crippen molar-refractivity contribution in [3.63, 3.8) is 0 Å². The Labute approximate surface area is 142 Å². The lowest BCUT2D eigenvalue weighted by Crippen LogP contribution is -2.37. The van der Waals surface area contributed by atoms with Crippen molar-refractivity contribution in [2.75, 3.05) is 0 Å². The smallest absolute Gasteiger partial charge is 0.487 e. The molecule has 0 aliphatic rings. The molecular formula is C18H12BF3O3. The highest BCUT2D eigenvalue weighted by molar-refractivity contribution is 6.39. The first-order chi connectivity index (χ1) is 12.1. The molecule has 0 amide bonds. The maximum atomic E-state index is 13.8. The summed E-state index contributed by atoms with van der Waals surface area (Å²) in [5, 5.41) is 0. The number of hydrogen-bond donors (Lipinski definition) is 0. The van der Waals surface area contributed by atoms with E-state index in [-0.39, 0.29) is 17.2 Å². The molecule has 0 saturated carbocycles. The third-order valence-electron chi connectivity index (χ3n) is 3.18. The maximum absolute atomic E-state index is 13.8. The highest BCUT2D eigenvalue weighted by atomic mass is 19.1.